The van der Waals surface area contributed by atoms with Gasteiger partial charge >= 0.3 is 0 Å². The van der Waals surface area contributed by atoms with Crippen LogP contribution < -0.4 is 5.73 Å². The number of likely N-dealkylation sites (N-methyl/N-ethyl adjacent to an activating group) is 1. The fraction of sp³-hybridized carbons (Fsp3) is 0.895. The lowest BCUT2D eigenvalue weighted by Crippen LogP contribution is -2.50. The summed E-state index contributed by atoms with van der Waals surface area (Å²) in [5, 5.41) is 0. The minimum absolute atomic E-state index is 0.0779. The van der Waals surface area contributed by atoms with E-state index in [0.29, 0.717) is 18.3 Å². The zero-order valence-electron chi connectivity index (χ0n) is 16.2. The number of amides is 2. The van der Waals surface area contributed by atoms with E-state index < -0.39 is 0 Å². The van der Waals surface area contributed by atoms with E-state index in [0.717, 1.165) is 65.1 Å². The monoisotopic (exact) mass is 352 g/mol. The predicted octanol–water partition coefficient (Wildman–Crippen LogP) is 1.15. The Bertz CT molecular complexity index is 439. The quantitative estimate of drug-likeness (QED) is 0.779. The lowest BCUT2D eigenvalue weighted by atomic mass is 9.92. The fourth-order valence-electron chi connectivity index (χ4n) is 3.89. The molecule has 0 saturated carbocycles. The van der Waals surface area contributed by atoms with Crippen molar-refractivity contribution in [3.05, 3.63) is 0 Å². The standard InChI is InChI=1S/C19H36N4O2/c1-4-21-9-11-22(12-10-21)18(24)14-16-5-7-23(8-6-16)19(25)17(20)13-15(2)3/h15-17H,4-14,20H2,1-3H3/t17-/m0/s1. The van der Waals surface area contributed by atoms with E-state index in [1.807, 2.05) is 9.80 Å². The van der Waals surface area contributed by atoms with E-state index in [9.17, 15) is 9.59 Å². The second-order valence-corrected chi connectivity index (χ2v) is 8.02. The van der Waals surface area contributed by atoms with Crippen molar-refractivity contribution >= 4 is 11.8 Å². The van der Waals surface area contributed by atoms with Crippen LogP contribution >= 0.6 is 0 Å². The number of carbonyl (C=O) groups is 2. The Hall–Kier alpha value is -1.14. The van der Waals surface area contributed by atoms with Gasteiger partial charge in [0.1, 0.15) is 0 Å². The van der Waals surface area contributed by atoms with E-state index in [-0.39, 0.29) is 17.9 Å². The summed E-state index contributed by atoms with van der Waals surface area (Å²) in [4.78, 5) is 31.2. The van der Waals surface area contributed by atoms with E-state index in [2.05, 4.69) is 25.7 Å². The van der Waals surface area contributed by atoms with E-state index in [1.165, 1.54) is 0 Å². The summed E-state index contributed by atoms with van der Waals surface area (Å²) in [5.74, 6) is 1.20. The first-order chi connectivity index (χ1) is 11.9. The van der Waals surface area contributed by atoms with Gasteiger partial charge in [-0.25, -0.2) is 0 Å². The van der Waals surface area contributed by atoms with Gasteiger partial charge in [0.15, 0.2) is 0 Å². The number of piperazine rings is 1. The normalized spacial score (nSPS) is 21.6. The molecular formula is C19H36N4O2. The molecule has 2 rings (SSSR count). The molecular weight excluding hydrogens is 316 g/mol. The highest BCUT2D eigenvalue weighted by Gasteiger charge is 2.29. The first-order valence-electron chi connectivity index (χ1n) is 9.95. The Balaban J connectivity index is 1.71. The van der Waals surface area contributed by atoms with Crippen LogP contribution in [0.1, 0.15) is 46.5 Å². The van der Waals surface area contributed by atoms with Gasteiger partial charge in [-0.05, 0) is 37.6 Å². The second-order valence-electron chi connectivity index (χ2n) is 8.02. The van der Waals surface area contributed by atoms with Crippen LogP contribution in [0.25, 0.3) is 0 Å². The van der Waals surface area contributed by atoms with Gasteiger partial charge in [0, 0.05) is 45.7 Å². The largest absolute Gasteiger partial charge is 0.341 e. The van der Waals surface area contributed by atoms with Crippen molar-refractivity contribution < 1.29 is 9.59 Å². The van der Waals surface area contributed by atoms with Crippen LogP contribution in [0.15, 0.2) is 0 Å². The third-order valence-electron chi connectivity index (χ3n) is 5.60. The lowest BCUT2D eigenvalue weighted by Gasteiger charge is -2.36. The van der Waals surface area contributed by atoms with Crippen LogP contribution in [-0.2, 0) is 9.59 Å². The van der Waals surface area contributed by atoms with Crippen molar-refractivity contribution in [1.29, 1.82) is 0 Å². The number of nitrogens with two attached hydrogens (primary N) is 1. The molecule has 6 heteroatoms. The first-order valence-corrected chi connectivity index (χ1v) is 9.95. The summed E-state index contributed by atoms with van der Waals surface area (Å²) in [7, 11) is 0. The average Bonchev–Trinajstić information content (AvgIpc) is 2.61. The van der Waals surface area contributed by atoms with Crippen molar-refractivity contribution in [3.63, 3.8) is 0 Å². The van der Waals surface area contributed by atoms with Gasteiger partial charge in [0.2, 0.25) is 11.8 Å². The van der Waals surface area contributed by atoms with Crippen LogP contribution in [0.4, 0.5) is 0 Å². The average molecular weight is 353 g/mol. The maximum atomic E-state index is 12.5. The summed E-state index contributed by atoms with van der Waals surface area (Å²) in [6, 6.07) is -0.381. The summed E-state index contributed by atoms with van der Waals surface area (Å²) in [6.07, 6.45) is 3.20. The van der Waals surface area contributed by atoms with Gasteiger partial charge in [-0.15, -0.1) is 0 Å². The molecule has 0 aromatic rings. The molecule has 2 heterocycles. The van der Waals surface area contributed by atoms with Gasteiger partial charge < -0.3 is 20.4 Å². The summed E-state index contributed by atoms with van der Waals surface area (Å²) >= 11 is 0. The SMILES string of the molecule is CCN1CCN(C(=O)CC2CCN(C(=O)[C@@H](N)CC(C)C)CC2)CC1. The molecule has 0 radical (unpaired) electrons. The highest BCUT2D eigenvalue weighted by molar-refractivity contribution is 5.81. The Morgan fingerprint density at radius 1 is 1.00 bits per heavy atom. The molecule has 2 aliphatic heterocycles. The maximum absolute atomic E-state index is 12.5. The molecule has 0 unspecified atom stereocenters. The number of likely N-dealkylation sites (tertiary alicyclic amines) is 1. The molecule has 0 spiro atoms. The molecule has 0 aromatic heterocycles. The predicted molar refractivity (Wildman–Crippen MR) is 100 cm³/mol. The maximum Gasteiger partial charge on any atom is 0.239 e. The summed E-state index contributed by atoms with van der Waals surface area (Å²) in [5.41, 5.74) is 6.03. The number of hydrogen-bond donors (Lipinski definition) is 1. The number of piperidine rings is 1. The van der Waals surface area contributed by atoms with Crippen molar-refractivity contribution in [2.45, 2.75) is 52.5 Å². The molecule has 0 bridgehead atoms. The van der Waals surface area contributed by atoms with E-state index in [4.69, 9.17) is 5.73 Å². The molecule has 0 aliphatic carbocycles. The highest BCUT2D eigenvalue weighted by atomic mass is 16.2. The Kier molecular flexibility index (Phi) is 7.69. The highest BCUT2D eigenvalue weighted by Crippen LogP contribution is 2.22. The molecule has 2 amide bonds. The number of nitrogens with zero attached hydrogens (tertiary/aromatic N) is 3. The topological polar surface area (TPSA) is 69.9 Å². The molecule has 144 valence electrons. The molecule has 6 nitrogen and oxygen atoms in total. The van der Waals surface area contributed by atoms with Crippen LogP contribution in [0.3, 0.4) is 0 Å². The fourth-order valence-corrected chi connectivity index (χ4v) is 3.89. The van der Waals surface area contributed by atoms with Gasteiger partial charge in [0.05, 0.1) is 6.04 Å². The second kappa shape index (κ2) is 9.53. The molecule has 2 N–H and O–H groups in total. The van der Waals surface area contributed by atoms with Crippen molar-refractivity contribution in [2.75, 3.05) is 45.8 Å². The van der Waals surface area contributed by atoms with Gasteiger partial charge in [0.25, 0.3) is 0 Å². The molecule has 2 fully saturated rings. The van der Waals surface area contributed by atoms with Gasteiger partial charge in [-0.1, -0.05) is 20.8 Å². The van der Waals surface area contributed by atoms with Crippen molar-refractivity contribution in [2.24, 2.45) is 17.6 Å². The summed E-state index contributed by atoms with van der Waals surface area (Å²) < 4.78 is 0. The third kappa shape index (κ3) is 5.96. The number of rotatable bonds is 6. The van der Waals surface area contributed by atoms with Crippen LogP contribution in [0.5, 0.6) is 0 Å². The molecule has 1 atom stereocenters. The zero-order valence-corrected chi connectivity index (χ0v) is 16.2. The molecule has 2 saturated heterocycles. The lowest BCUT2D eigenvalue weighted by molar-refractivity contribution is -0.136. The van der Waals surface area contributed by atoms with Crippen molar-refractivity contribution in [1.82, 2.24) is 14.7 Å². The Morgan fingerprint density at radius 2 is 1.60 bits per heavy atom. The minimum Gasteiger partial charge on any atom is -0.341 e. The van der Waals surface area contributed by atoms with Gasteiger partial charge in [-0.3, -0.25) is 9.59 Å². The van der Waals surface area contributed by atoms with Crippen LogP contribution in [-0.4, -0.2) is 78.4 Å². The van der Waals surface area contributed by atoms with Crippen molar-refractivity contribution in [3.8, 4) is 0 Å². The molecule has 2 aliphatic rings. The Morgan fingerprint density at radius 3 is 2.12 bits per heavy atom. The minimum atomic E-state index is -0.381. The Labute approximate surface area is 152 Å². The molecule has 25 heavy (non-hydrogen) atoms. The number of carbonyl (C=O) groups excluding carboxylic acids is 2. The summed E-state index contributed by atoms with van der Waals surface area (Å²) in [6.45, 7) is 12.6. The van der Waals surface area contributed by atoms with E-state index in [1.54, 1.807) is 0 Å². The van der Waals surface area contributed by atoms with Crippen LogP contribution in [0, 0.1) is 11.8 Å². The number of hydrogen-bond acceptors (Lipinski definition) is 4. The van der Waals surface area contributed by atoms with E-state index >= 15 is 0 Å². The third-order valence-corrected chi connectivity index (χ3v) is 5.60. The smallest absolute Gasteiger partial charge is 0.239 e. The van der Waals surface area contributed by atoms with Gasteiger partial charge in [-0.2, -0.15) is 0 Å². The molecule has 0 aromatic carbocycles. The first kappa shape index (κ1) is 20.2. The zero-order chi connectivity index (χ0) is 18.4. The van der Waals surface area contributed by atoms with Crippen LogP contribution in [0.2, 0.25) is 0 Å².